The van der Waals surface area contributed by atoms with Gasteiger partial charge in [0.2, 0.25) is 0 Å². The number of benzene rings is 1. The molecule has 1 N–H and O–H groups in total. The summed E-state index contributed by atoms with van der Waals surface area (Å²) in [7, 11) is 1.49. The number of fused-ring (bicyclic) bond motifs is 5. The molecule has 3 aromatic heterocycles. The summed E-state index contributed by atoms with van der Waals surface area (Å²) in [5, 5.41) is 0.796. The number of halogens is 1. The molecule has 2 fully saturated rings. The van der Waals surface area contributed by atoms with Gasteiger partial charge in [-0.25, -0.2) is 19.2 Å². The summed E-state index contributed by atoms with van der Waals surface area (Å²) in [6, 6.07) is 1.45. The summed E-state index contributed by atoms with van der Waals surface area (Å²) in [5.41, 5.74) is 0.00330. The second-order valence-corrected chi connectivity index (χ2v) is 12.0. The van der Waals surface area contributed by atoms with Crippen LogP contribution in [0.3, 0.4) is 0 Å². The molecule has 2 aliphatic rings. The summed E-state index contributed by atoms with van der Waals surface area (Å²) >= 11 is 0. The molecular weight excluding hydrogens is 529 g/mol. The lowest BCUT2D eigenvalue weighted by Gasteiger charge is -2.31. The summed E-state index contributed by atoms with van der Waals surface area (Å²) < 4.78 is 27.0. The van der Waals surface area contributed by atoms with Gasteiger partial charge in [-0.05, 0) is 52.4 Å². The molecule has 1 saturated heterocycles. The molecule has 4 aromatic rings. The van der Waals surface area contributed by atoms with Gasteiger partial charge in [0.05, 0.1) is 34.5 Å². The van der Waals surface area contributed by atoms with Crippen molar-refractivity contribution in [2.45, 2.75) is 59.1 Å². The van der Waals surface area contributed by atoms with Crippen LogP contribution in [0.4, 0.5) is 20.7 Å². The molecule has 0 radical (unpaired) electrons. The van der Waals surface area contributed by atoms with Crippen molar-refractivity contribution in [3.63, 3.8) is 0 Å². The molecule has 6 rings (SSSR count). The third kappa shape index (κ3) is 4.70. The van der Waals surface area contributed by atoms with Gasteiger partial charge in [-0.3, -0.25) is 9.69 Å². The van der Waals surface area contributed by atoms with Crippen molar-refractivity contribution in [1.29, 1.82) is 0 Å². The number of aryl methyl sites for hydroxylation is 1. The third-order valence-corrected chi connectivity index (χ3v) is 7.94. The molecule has 4 heterocycles. The largest absolute Gasteiger partial charge is 0.443 e. The van der Waals surface area contributed by atoms with Crippen LogP contribution in [-0.4, -0.2) is 62.5 Å². The number of hydrogen-bond acceptors (Lipinski definition) is 9. The van der Waals surface area contributed by atoms with E-state index in [-0.39, 0.29) is 23.3 Å². The molecule has 1 aliphatic carbocycles. The van der Waals surface area contributed by atoms with E-state index in [0.717, 1.165) is 25.5 Å². The predicted molar refractivity (Wildman–Crippen MR) is 151 cm³/mol. The zero-order chi connectivity index (χ0) is 29.2. The first-order chi connectivity index (χ1) is 19.4. The van der Waals surface area contributed by atoms with Crippen molar-refractivity contribution in [2.75, 3.05) is 23.4 Å². The zero-order valence-corrected chi connectivity index (χ0v) is 23.9. The number of amides is 1. The van der Waals surface area contributed by atoms with E-state index in [1.165, 1.54) is 24.3 Å². The number of aromatic amines is 1. The topological polar surface area (TPSA) is 126 Å². The Balaban J connectivity index is 1.57. The van der Waals surface area contributed by atoms with Crippen LogP contribution in [0.25, 0.3) is 21.9 Å². The molecule has 11 nitrogen and oxygen atoms in total. The first-order valence-corrected chi connectivity index (χ1v) is 13.6. The van der Waals surface area contributed by atoms with E-state index in [9.17, 15) is 9.59 Å². The van der Waals surface area contributed by atoms with Crippen molar-refractivity contribution < 1.29 is 23.5 Å². The average Bonchev–Trinajstić information content (AvgIpc) is 3.60. The molecule has 2 bridgehead atoms. The highest BCUT2D eigenvalue weighted by Gasteiger charge is 2.44. The number of piperidine rings is 1. The summed E-state index contributed by atoms with van der Waals surface area (Å²) in [6.07, 6.45) is 4.91. The van der Waals surface area contributed by atoms with Gasteiger partial charge < -0.3 is 19.4 Å². The maximum atomic E-state index is 15.5. The van der Waals surface area contributed by atoms with Gasteiger partial charge in [-0.1, -0.05) is 6.92 Å². The van der Waals surface area contributed by atoms with Crippen LogP contribution in [-0.2, 0) is 4.74 Å². The smallest absolute Gasteiger partial charge is 0.414 e. The fourth-order valence-electron chi connectivity index (χ4n) is 5.98. The Morgan fingerprint density at radius 2 is 1.93 bits per heavy atom. The maximum absolute atomic E-state index is 15.5. The fraction of sp³-hybridized carbons (Fsp3) is 0.448. The minimum atomic E-state index is -0.765. The quantitative estimate of drug-likeness (QED) is 0.312. The Hall–Kier alpha value is -4.35. The molecule has 1 saturated carbocycles. The number of H-pyrrole nitrogens is 1. The zero-order valence-electron chi connectivity index (χ0n) is 23.9. The number of rotatable bonds is 5. The minimum Gasteiger partial charge on any atom is -0.443 e. The van der Waals surface area contributed by atoms with Crippen LogP contribution in [0.15, 0.2) is 18.5 Å². The van der Waals surface area contributed by atoms with Crippen LogP contribution < -0.4 is 14.5 Å². The second-order valence-electron chi connectivity index (χ2n) is 12.0. The number of aromatic nitrogens is 5. The van der Waals surface area contributed by atoms with Crippen molar-refractivity contribution >= 4 is 45.8 Å². The van der Waals surface area contributed by atoms with Crippen molar-refractivity contribution in [1.82, 2.24) is 24.9 Å². The molecule has 1 aliphatic heterocycles. The number of ether oxygens (including phenoxy) is 2. The average molecular weight is 562 g/mol. The standard InChI is InChI=1S/C29H32FN7O4/c1-14-7-17-8-16(14)12-37(17)26-23-22-19(13-38)20(30)9-21(36(6)28(39)41-29(3,4)5)24(22)33-25(23)34-27(35-26)40-18-10-31-15(2)32-11-18/h9-11,13-14,16-17H,7-8,12H2,1-6H3,(H,33,34,35)/t14?,16-,17+/m1/s1. The van der Waals surface area contributed by atoms with E-state index in [4.69, 9.17) is 14.5 Å². The highest BCUT2D eigenvalue weighted by Crippen LogP contribution is 2.47. The number of hydrogen-bond donors (Lipinski definition) is 1. The Labute approximate surface area is 236 Å². The summed E-state index contributed by atoms with van der Waals surface area (Å²) in [4.78, 5) is 49.7. The molecule has 41 heavy (non-hydrogen) atoms. The molecule has 1 aromatic carbocycles. The molecular formula is C29H32FN7O4. The molecule has 1 unspecified atom stereocenters. The van der Waals surface area contributed by atoms with Gasteiger partial charge in [0.15, 0.2) is 12.0 Å². The molecule has 12 heteroatoms. The van der Waals surface area contributed by atoms with E-state index in [1.54, 1.807) is 27.7 Å². The van der Waals surface area contributed by atoms with E-state index < -0.39 is 17.5 Å². The number of carbonyl (C=O) groups is 2. The van der Waals surface area contributed by atoms with E-state index in [0.29, 0.717) is 57.5 Å². The lowest BCUT2D eigenvalue weighted by atomic mass is 9.97. The van der Waals surface area contributed by atoms with Gasteiger partial charge in [-0.2, -0.15) is 9.97 Å². The van der Waals surface area contributed by atoms with Crippen LogP contribution in [0.5, 0.6) is 11.8 Å². The number of carbonyl (C=O) groups excluding carboxylic acids is 2. The highest BCUT2D eigenvalue weighted by molar-refractivity contribution is 6.21. The van der Waals surface area contributed by atoms with Crippen LogP contribution >= 0.6 is 0 Å². The lowest BCUT2D eigenvalue weighted by Crippen LogP contribution is -2.35. The van der Waals surface area contributed by atoms with E-state index in [2.05, 4.69) is 31.8 Å². The SMILES string of the molecule is Cc1ncc(Oc2nc(N3C[C@H]4C[C@@H]3CC4C)c3c(n2)[nH]c2c(N(C)C(=O)OC(C)(C)C)cc(F)c(C=O)c23)cn1. The summed E-state index contributed by atoms with van der Waals surface area (Å²) in [5.74, 6) is 1.83. The monoisotopic (exact) mass is 561 g/mol. The summed E-state index contributed by atoms with van der Waals surface area (Å²) in [6.45, 7) is 10.1. The van der Waals surface area contributed by atoms with Gasteiger partial charge in [0, 0.05) is 31.1 Å². The van der Waals surface area contributed by atoms with Gasteiger partial charge in [0.25, 0.3) is 0 Å². The fourth-order valence-corrected chi connectivity index (χ4v) is 5.98. The van der Waals surface area contributed by atoms with Crippen molar-refractivity contribution in [3.05, 3.63) is 35.7 Å². The minimum absolute atomic E-state index is 0.0532. The van der Waals surface area contributed by atoms with Crippen LogP contribution in [0.1, 0.15) is 56.7 Å². The van der Waals surface area contributed by atoms with E-state index in [1.807, 2.05) is 0 Å². The second kappa shape index (κ2) is 9.64. The Morgan fingerprint density at radius 3 is 2.54 bits per heavy atom. The Kier molecular flexibility index (Phi) is 6.31. The van der Waals surface area contributed by atoms with Gasteiger partial charge in [-0.15, -0.1) is 0 Å². The Morgan fingerprint density at radius 1 is 1.20 bits per heavy atom. The molecule has 3 atom stereocenters. The van der Waals surface area contributed by atoms with Crippen molar-refractivity contribution in [2.24, 2.45) is 11.8 Å². The number of anilines is 2. The van der Waals surface area contributed by atoms with Crippen molar-refractivity contribution in [3.8, 4) is 11.8 Å². The van der Waals surface area contributed by atoms with E-state index >= 15 is 4.39 Å². The first kappa shape index (κ1) is 26.9. The van der Waals surface area contributed by atoms with Crippen LogP contribution in [0, 0.1) is 24.6 Å². The normalized spacial score (nSPS) is 20.2. The molecule has 1 amide bonds. The third-order valence-electron chi connectivity index (χ3n) is 7.94. The molecule has 0 spiro atoms. The van der Waals surface area contributed by atoms with Crippen LogP contribution in [0.2, 0.25) is 0 Å². The first-order valence-electron chi connectivity index (χ1n) is 13.6. The number of aldehydes is 1. The highest BCUT2D eigenvalue weighted by atomic mass is 19.1. The van der Waals surface area contributed by atoms with Gasteiger partial charge >= 0.3 is 12.1 Å². The number of nitrogens with one attached hydrogen (secondary N) is 1. The Bertz CT molecular complexity index is 1680. The van der Waals surface area contributed by atoms with Gasteiger partial charge in [0.1, 0.15) is 28.7 Å². The lowest BCUT2D eigenvalue weighted by molar-refractivity contribution is 0.0589. The molecule has 214 valence electrons. The number of nitrogens with zero attached hydrogens (tertiary/aromatic N) is 6. The predicted octanol–water partition coefficient (Wildman–Crippen LogP) is 5.56. The maximum Gasteiger partial charge on any atom is 0.414 e.